The Bertz CT molecular complexity index is 472. The second-order valence-electron chi connectivity index (χ2n) is 4.34. The van der Waals surface area contributed by atoms with Crippen molar-refractivity contribution in [1.29, 1.82) is 0 Å². The summed E-state index contributed by atoms with van der Waals surface area (Å²) in [7, 11) is 0. The number of hydrogen-bond acceptors (Lipinski definition) is 4. The fourth-order valence-corrected chi connectivity index (χ4v) is 1.44. The lowest BCUT2D eigenvalue weighted by atomic mass is 10.0. The summed E-state index contributed by atoms with van der Waals surface area (Å²) in [5, 5.41) is 13.4. The molecule has 0 spiro atoms. The summed E-state index contributed by atoms with van der Waals surface area (Å²) < 4.78 is 0. The average molecular weight is 251 g/mol. The highest BCUT2D eigenvalue weighted by Gasteiger charge is 2.20. The average Bonchev–Trinajstić information content (AvgIpc) is 2.30. The molecule has 0 bridgehead atoms. The van der Waals surface area contributed by atoms with Gasteiger partial charge in [-0.3, -0.25) is 14.9 Å². The molecule has 1 rings (SSSR count). The molecular formula is C12H17N3O3. The lowest BCUT2D eigenvalue weighted by molar-refractivity contribution is -0.385. The maximum atomic E-state index is 11.8. The zero-order valence-corrected chi connectivity index (χ0v) is 10.6. The molecule has 1 aromatic rings. The Hall–Kier alpha value is -1.95. The van der Waals surface area contributed by atoms with E-state index in [4.69, 9.17) is 5.73 Å². The number of nitro groups is 1. The lowest BCUT2D eigenvalue weighted by Crippen LogP contribution is -2.34. The molecule has 0 saturated carbocycles. The van der Waals surface area contributed by atoms with Crippen LogP contribution in [0.2, 0.25) is 0 Å². The fourth-order valence-electron chi connectivity index (χ4n) is 1.44. The van der Waals surface area contributed by atoms with Crippen molar-refractivity contribution in [3.05, 3.63) is 33.9 Å². The van der Waals surface area contributed by atoms with E-state index in [1.54, 1.807) is 26.8 Å². The van der Waals surface area contributed by atoms with Crippen molar-refractivity contribution in [2.75, 3.05) is 5.32 Å². The lowest BCUT2D eigenvalue weighted by Gasteiger charge is -2.16. The highest BCUT2D eigenvalue weighted by molar-refractivity contribution is 5.93. The van der Waals surface area contributed by atoms with E-state index in [0.29, 0.717) is 11.3 Å². The molecule has 0 fully saturated rings. The number of nitrogens with two attached hydrogens (primary N) is 1. The molecule has 1 amide bonds. The van der Waals surface area contributed by atoms with Gasteiger partial charge in [0.05, 0.1) is 22.1 Å². The van der Waals surface area contributed by atoms with E-state index >= 15 is 0 Å². The van der Waals surface area contributed by atoms with Gasteiger partial charge in [0, 0.05) is 12.1 Å². The summed E-state index contributed by atoms with van der Waals surface area (Å²) in [4.78, 5) is 22.1. The van der Waals surface area contributed by atoms with E-state index in [2.05, 4.69) is 5.32 Å². The number of amides is 1. The molecule has 6 heteroatoms. The zero-order valence-electron chi connectivity index (χ0n) is 10.6. The van der Waals surface area contributed by atoms with Gasteiger partial charge < -0.3 is 11.1 Å². The first-order valence-electron chi connectivity index (χ1n) is 5.65. The van der Waals surface area contributed by atoms with Crippen LogP contribution in [0.1, 0.15) is 19.4 Å². The molecule has 2 unspecified atom stereocenters. The number of nitro benzene ring substituents is 1. The van der Waals surface area contributed by atoms with Crippen LogP contribution in [0.4, 0.5) is 11.4 Å². The molecule has 0 aliphatic carbocycles. The van der Waals surface area contributed by atoms with Crippen LogP contribution in [0.15, 0.2) is 18.2 Å². The summed E-state index contributed by atoms with van der Waals surface area (Å²) >= 11 is 0. The Kier molecular flexibility index (Phi) is 4.38. The highest BCUT2D eigenvalue weighted by Crippen LogP contribution is 2.25. The van der Waals surface area contributed by atoms with Crippen molar-refractivity contribution in [3.63, 3.8) is 0 Å². The molecule has 1 aromatic carbocycles. The van der Waals surface area contributed by atoms with Crippen LogP contribution in [0.25, 0.3) is 0 Å². The Balaban J connectivity index is 2.96. The summed E-state index contributed by atoms with van der Waals surface area (Å²) in [6, 6.07) is 4.30. The molecule has 0 heterocycles. The van der Waals surface area contributed by atoms with Crippen LogP contribution in [0.5, 0.6) is 0 Å². The van der Waals surface area contributed by atoms with Gasteiger partial charge in [-0.05, 0) is 19.9 Å². The smallest absolute Gasteiger partial charge is 0.274 e. The number of nitrogens with zero attached hydrogens (tertiary/aromatic N) is 1. The van der Waals surface area contributed by atoms with Crippen LogP contribution in [0, 0.1) is 23.0 Å². The van der Waals surface area contributed by atoms with Gasteiger partial charge in [-0.2, -0.15) is 0 Å². The van der Waals surface area contributed by atoms with Crippen LogP contribution in [-0.4, -0.2) is 16.9 Å². The first-order valence-corrected chi connectivity index (χ1v) is 5.65. The topological polar surface area (TPSA) is 98.3 Å². The van der Waals surface area contributed by atoms with E-state index in [0.717, 1.165) is 0 Å². The third kappa shape index (κ3) is 3.04. The minimum Gasteiger partial charge on any atom is -0.327 e. The van der Waals surface area contributed by atoms with Gasteiger partial charge in [0.2, 0.25) is 5.91 Å². The fraction of sp³-hybridized carbons (Fsp3) is 0.417. The maximum Gasteiger partial charge on any atom is 0.274 e. The van der Waals surface area contributed by atoms with Crippen molar-refractivity contribution in [1.82, 2.24) is 0 Å². The molecule has 0 saturated heterocycles. The van der Waals surface area contributed by atoms with Gasteiger partial charge in [-0.25, -0.2) is 0 Å². The quantitative estimate of drug-likeness (QED) is 0.630. The molecule has 0 radical (unpaired) electrons. The van der Waals surface area contributed by atoms with Gasteiger partial charge in [0.25, 0.3) is 5.69 Å². The van der Waals surface area contributed by atoms with Gasteiger partial charge >= 0.3 is 0 Å². The predicted octanol–water partition coefficient (Wildman–Crippen LogP) is 1.83. The van der Waals surface area contributed by atoms with E-state index in [-0.39, 0.29) is 23.6 Å². The van der Waals surface area contributed by atoms with E-state index in [1.165, 1.54) is 12.1 Å². The van der Waals surface area contributed by atoms with Crippen LogP contribution < -0.4 is 11.1 Å². The molecule has 0 aliphatic rings. The molecule has 0 aliphatic heterocycles. The number of benzene rings is 1. The van der Waals surface area contributed by atoms with E-state index in [9.17, 15) is 14.9 Å². The molecule has 2 atom stereocenters. The third-order valence-corrected chi connectivity index (χ3v) is 2.96. The van der Waals surface area contributed by atoms with Crippen LogP contribution in [0.3, 0.4) is 0 Å². The number of nitrogens with one attached hydrogen (secondary N) is 1. The van der Waals surface area contributed by atoms with Crippen molar-refractivity contribution < 1.29 is 9.72 Å². The number of carbonyl (C=O) groups excluding carboxylic acids is 1. The third-order valence-electron chi connectivity index (χ3n) is 2.96. The molecular weight excluding hydrogens is 234 g/mol. The minimum absolute atomic E-state index is 0.0127. The Morgan fingerprint density at radius 1 is 1.44 bits per heavy atom. The number of carbonyl (C=O) groups is 1. The Morgan fingerprint density at radius 3 is 2.56 bits per heavy atom. The molecule has 98 valence electrons. The molecule has 3 N–H and O–H groups in total. The second-order valence-corrected chi connectivity index (χ2v) is 4.34. The van der Waals surface area contributed by atoms with Gasteiger partial charge in [-0.1, -0.05) is 13.0 Å². The highest BCUT2D eigenvalue weighted by atomic mass is 16.6. The minimum atomic E-state index is -0.472. The van der Waals surface area contributed by atoms with Crippen molar-refractivity contribution in [3.8, 4) is 0 Å². The second kappa shape index (κ2) is 5.59. The van der Waals surface area contributed by atoms with Crippen molar-refractivity contribution >= 4 is 17.3 Å². The molecule has 6 nitrogen and oxygen atoms in total. The summed E-state index contributed by atoms with van der Waals surface area (Å²) in [6.45, 7) is 5.06. The SMILES string of the molecule is Cc1c(NC(=O)C(C)C(C)N)cccc1[N+](=O)[O-]. The number of rotatable bonds is 4. The van der Waals surface area contributed by atoms with E-state index < -0.39 is 4.92 Å². The summed E-state index contributed by atoms with van der Waals surface area (Å²) in [5.74, 6) is -0.600. The van der Waals surface area contributed by atoms with E-state index in [1.807, 2.05) is 0 Å². The number of anilines is 1. The van der Waals surface area contributed by atoms with Gasteiger partial charge in [0.15, 0.2) is 0 Å². The largest absolute Gasteiger partial charge is 0.327 e. The summed E-state index contributed by atoms with van der Waals surface area (Å²) in [5.41, 5.74) is 6.51. The van der Waals surface area contributed by atoms with Crippen molar-refractivity contribution in [2.45, 2.75) is 26.8 Å². The van der Waals surface area contributed by atoms with Crippen LogP contribution in [-0.2, 0) is 4.79 Å². The maximum absolute atomic E-state index is 11.8. The zero-order chi connectivity index (χ0) is 13.9. The Labute approximate surface area is 105 Å². The predicted molar refractivity (Wildman–Crippen MR) is 69.3 cm³/mol. The Morgan fingerprint density at radius 2 is 2.06 bits per heavy atom. The first kappa shape index (κ1) is 14.1. The van der Waals surface area contributed by atoms with Crippen molar-refractivity contribution in [2.24, 2.45) is 11.7 Å². The molecule has 18 heavy (non-hydrogen) atoms. The van der Waals surface area contributed by atoms with Gasteiger partial charge in [-0.15, -0.1) is 0 Å². The normalized spacial score (nSPS) is 13.8. The van der Waals surface area contributed by atoms with Crippen LogP contribution >= 0.6 is 0 Å². The monoisotopic (exact) mass is 251 g/mol. The molecule has 0 aromatic heterocycles. The summed E-state index contributed by atoms with van der Waals surface area (Å²) in [6.07, 6.45) is 0. The van der Waals surface area contributed by atoms with Gasteiger partial charge in [0.1, 0.15) is 0 Å². The number of hydrogen-bond donors (Lipinski definition) is 2. The first-order chi connectivity index (χ1) is 8.34. The standard InChI is InChI=1S/C12H17N3O3/c1-7(9(3)13)12(16)14-10-5-4-6-11(8(10)2)15(17)18/h4-7,9H,13H2,1-3H3,(H,14,16).